The molecule has 5 heteroatoms. The van der Waals surface area contributed by atoms with Crippen LogP contribution in [-0.2, 0) is 6.54 Å². The summed E-state index contributed by atoms with van der Waals surface area (Å²) in [6, 6.07) is 2.28. The van der Waals surface area contributed by atoms with Crippen molar-refractivity contribution < 1.29 is 0 Å². The number of pyridine rings is 1. The smallest absolute Gasteiger partial charge is 0.130 e. The Morgan fingerprint density at radius 1 is 1.35 bits per heavy atom. The molecule has 2 atom stereocenters. The summed E-state index contributed by atoms with van der Waals surface area (Å²) >= 11 is 12.1. The zero-order valence-corrected chi connectivity index (χ0v) is 13.5. The van der Waals surface area contributed by atoms with Crippen LogP contribution in [0.1, 0.15) is 38.2 Å². The van der Waals surface area contributed by atoms with Crippen LogP contribution in [0, 0.1) is 5.92 Å². The summed E-state index contributed by atoms with van der Waals surface area (Å²) in [4.78, 5) is 6.62. The minimum Gasteiger partial charge on any atom is -0.330 e. The monoisotopic (exact) mass is 315 g/mol. The molecule has 1 aliphatic rings. The van der Waals surface area contributed by atoms with Crippen molar-refractivity contribution in [3.05, 3.63) is 28.0 Å². The lowest BCUT2D eigenvalue weighted by molar-refractivity contribution is 0.105. The third-order valence-electron chi connectivity index (χ3n) is 4.32. The lowest BCUT2D eigenvalue weighted by atomic mass is 9.83. The average molecular weight is 316 g/mol. The molecule has 1 saturated carbocycles. The van der Waals surface area contributed by atoms with Gasteiger partial charge in [0.1, 0.15) is 5.15 Å². The molecule has 0 spiro atoms. The van der Waals surface area contributed by atoms with Crippen molar-refractivity contribution in [3.63, 3.8) is 0 Å². The molecule has 2 unspecified atom stereocenters. The molecule has 0 radical (unpaired) electrons. The van der Waals surface area contributed by atoms with Crippen LogP contribution in [0.2, 0.25) is 10.2 Å². The molecular formula is C15H23Cl2N3. The number of nitrogens with zero attached hydrogens (tertiary/aromatic N) is 2. The number of hydrogen-bond acceptors (Lipinski definition) is 3. The van der Waals surface area contributed by atoms with Crippen molar-refractivity contribution in [1.82, 2.24) is 9.88 Å². The molecule has 2 N–H and O–H groups in total. The number of rotatable bonds is 5. The van der Waals surface area contributed by atoms with Gasteiger partial charge < -0.3 is 5.73 Å². The minimum atomic E-state index is 0.444. The van der Waals surface area contributed by atoms with E-state index in [0.717, 1.165) is 25.2 Å². The predicted octanol–water partition coefficient (Wildman–Crippen LogP) is 3.73. The Morgan fingerprint density at radius 3 is 2.75 bits per heavy atom. The molecule has 3 nitrogen and oxygen atoms in total. The molecule has 1 fully saturated rings. The fourth-order valence-corrected chi connectivity index (χ4v) is 3.60. The summed E-state index contributed by atoms with van der Waals surface area (Å²) in [5, 5.41) is 1.14. The van der Waals surface area contributed by atoms with Crippen molar-refractivity contribution >= 4 is 23.2 Å². The molecule has 0 bridgehead atoms. The Morgan fingerprint density at radius 2 is 2.10 bits per heavy atom. The van der Waals surface area contributed by atoms with Crippen molar-refractivity contribution in [1.29, 1.82) is 0 Å². The van der Waals surface area contributed by atoms with E-state index in [4.69, 9.17) is 28.9 Å². The van der Waals surface area contributed by atoms with Gasteiger partial charge in [-0.3, -0.25) is 4.90 Å². The van der Waals surface area contributed by atoms with Crippen LogP contribution >= 0.6 is 23.2 Å². The molecule has 20 heavy (non-hydrogen) atoms. The van der Waals surface area contributed by atoms with Gasteiger partial charge in [-0.05, 0) is 37.9 Å². The first-order chi connectivity index (χ1) is 9.65. The first-order valence-electron chi connectivity index (χ1n) is 7.39. The van der Waals surface area contributed by atoms with Gasteiger partial charge in [0.25, 0.3) is 0 Å². The van der Waals surface area contributed by atoms with Gasteiger partial charge in [0.2, 0.25) is 0 Å². The summed E-state index contributed by atoms with van der Waals surface area (Å²) in [5.74, 6) is 0.600. The average Bonchev–Trinajstić information content (AvgIpc) is 2.46. The van der Waals surface area contributed by atoms with Gasteiger partial charge in [-0.15, -0.1) is 0 Å². The van der Waals surface area contributed by atoms with Gasteiger partial charge in [0.15, 0.2) is 0 Å². The standard InChI is InChI=1S/C15H23Cl2N3/c1-2-20(14-6-4-3-5-11(14)8-18)10-12-9-19-15(17)7-13(12)16/h7,9,11,14H,2-6,8,10,18H2,1H3. The molecule has 112 valence electrons. The van der Waals surface area contributed by atoms with E-state index >= 15 is 0 Å². The predicted molar refractivity (Wildman–Crippen MR) is 85.1 cm³/mol. The molecular weight excluding hydrogens is 293 g/mol. The van der Waals surface area contributed by atoms with E-state index in [1.54, 1.807) is 12.3 Å². The molecule has 0 amide bonds. The van der Waals surface area contributed by atoms with Crippen LogP contribution < -0.4 is 5.73 Å². The second-order valence-electron chi connectivity index (χ2n) is 5.51. The van der Waals surface area contributed by atoms with E-state index in [0.29, 0.717) is 22.1 Å². The van der Waals surface area contributed by atoms with Crippen LogP contribution in [0.25, 0.3) is 0 Å². The summed E-state index contributed by atoms with van der Waals surface area (Å²) < 4.78 is 0. The number of hydrogen-bond donors (Lipinski definition) is 1. The number of halogens is 2. The van der Waals surface area contributed by atoms with Gasteiger partial charge in [-0.2, -0.15) is 0 Å². The van der Waals surface area contributed by atoms with Gasteiger partial charge >= 0.3 is 0 Å². The van der Waals surface area contributed by atoms with E-state index in [-0.39, 0.29) is 0 Å². The van der Waals surface area contributed by atoms with Crippen molar-refractivity contribution in [2.45, 2.75) is 45.2 Å². The van der Waals surface area contributed by atoms with E-state index in [9.17, 15) is 0 Å². The zero-order valence-electron chi connectivity index (χ0n) is 12.0. The Hall–Kier alpha value is -0.350. The highest BCUT2D eigenvalue weighted by Gasteiger charge is 2.28. The van der Waals surface area contributed by atoms with Gasteiger partial charge in [-0.25, -0.2) is 4.98 Å². The number of nitrogens with two attached hydrogens (primary N) is 1. The quantitative estimate of drug-likeness (QED) is 0.842. The molecule has 2 rings (SSSR count). The molecule has 0 aromatic carbocycles. The maximum atomic E-state index is 6.26. The fourth-order valence-electron chi connectivity index (χ4n) is 3.18. The molecule has 1 aromatic rings. The topological polar surface area (TPSA) is 42.2 Å². The zero-order chi connectivity index (χ0) is 14.5. The summed E-state index contributed by atoms with van der Waals surface area (Å²) in [6.45, 7) is 4.79. The van der Waals surface area contributed by atoms with E-state index in [1.807, 2.05) is 0 Å². The van der Waals surface area contributed by atoms with Gasteiger partial charge in [0, 0.05) is 29.4 Å². The third kappa shape index (κ3) is 3.85. The Balaban J connectivity index is 2.11. The van der Waals surface area contributed by atoms with Crippen molar-refractivity contribution in [2.75, 3.05) is 13.1 Å². The summed E-state index contributed by atoms with van der Waals surface area (Å²) in [7, 11) is 0. The fraction of sp³-hybridized carbons (Fsp3) is 0.667. The van der Waals surface area contributed by atoms with Gasteiger partial charge in [0.05, 0.1) is 0 Å². The first kappa shape index (κ1) is 16.0. The summed E-state index contributed by atoms with van der Waals surface area (Å²) in [5.41, 5.74) is 6.99. The van der Waals surface area contributed by atoms with Crippen molar-refractivity contribution in [3.8, 4) is 0 Å². The highest BCUT2D eigenvalue weighted by Crippen LogP contribution is 2.30. The maximum Gasteiger partial charge on any atom is 0.130 e. The van der Waals surface area contributed by atoms with Crippen LogP contribution in [-0.4, -0.2) is 29.0 Å². The first-order valence-corrected chi connectivity index (χ1v) is 8.15. The normalized spacial score (nSPS) is 23.2. The van der Waals surface area contributed by atoms with Gasteiger partial charge in [-0.1, -0.05) is 43.0 Å². The SMILES string of the molecule is CCN(Cc1cnc(Cl)cc1Cl)C1CCCCC1CN. The molecule has 1 aromatic heterocycles. The van der Waals surface area contributed by atoms with Crippen LogP contribution in [0.15, 0.2) is 12.3 Å². The second kappa shape index (κ2) is 7.60. The molecule has 1 aliphatic carbocycles. The lowest BCUT2D eigenvalue weighted by Crippen LogP contribution is -2.44. The largest absolute Gasteiger partial charge is 0.330 e. The van der Waals surface area contributed by atoms with Crippen LogP contribution in [0.4, 0.5) is 0 Å². The Bertz CT molecular complexity index is 439. The third-order valence-corrected chi connectivity index (χ3v) is 4.88. The van der Waals surface area contributed by atoms with Crippen LogP contribution in [0.5, 0.6) is 0 Å². The number of aromatic nitrogens is 1. The highest BCUT2D eigenvalue weighted by atomic mass is 35.5. The lowest BCUT2D eigenvalue weighted by Gasteiger charge is -2.39. The minimum absolute atomic E-state index is 0.444. The molecule has 0 aliphatic heterocycles. The highest BCUT2D eigenvalue weighted by molar-refractivity contribution is 6.34. The Labute approximate surface area is 131 Å². The van der Waals surface area contributed by atoms with Crippen molar-refractivity contribution in [2.24, 2.45) is 11.7 Å². The second-order valence-corrected chi connectivity index (χ2v) is 6.30. The molecule has 1 heterocycles. The van der Waals surface area contributed by atoms with E-state index in [1.165, 1.54) is 25.7 Å². The maximum absolute atomic E-state index is 6.26. The Kier molecular flexibility index (Phi) is 6.09. The van der Waals surface area contributed by atoms with E-state index in [2.05, 4.69) is 16.8 Å². The van der Waals surface area contributed by atoms with Crippen LogP contribution in [0.3, 0.4) is 0 Å². The van der Waals surface area contributed by atoms with E-state index < -0.39 is 0 Å². The molecule has 0 saturated heterocycles. The summed E-state index contributed by atoms with van der Waals surface area (Å²) in [6.07, 6.45) is 6.86.